The van der Waals surface area contributed by atoms with E-state index in [1.807, 2.05) is 18.4 Å². The molecule has 0 atom stereocenters. The van der Waals surface area contributed by atoms with E-state index in [9.17, 15) is 4.79 Å². The molecular weight excluding hydrogens is 550 g/mol. The predicted molar refractivity (Wildman–Crippen MR) is 120 cm³/mol. The third-order valence-electron chi connectivity index (χ3n) is 4.16. The van der Waals surface area contributed by atoms with Crippen molar-refractivity contribution in [3.63, 3.8) is 0 Å². The van der Waals surface area contributed by atoms with Crippen LogP contribution < -0.4 is 10.6 Å². The number of rotatable bonds is 5. The Labute approximate surface area is 179 Å². The third-order valence-corrected chi connectivity index (χ3v) is 6.12. The first-order chi connectivity index (χ1) is 11.1. The number of guanidine groups is 1. The number of hydrogen-bond acceptors (Lipinski definition) is 3. The van der Waals surface area contributed by atoms with Crippen molar-refractivity contribution in [1.29, 1.82) is 0 Å². The number of likely N-dealkylation sites (tertiary alicyclic amines) is 1. The second-order valence-corrected chi connectivity index (χ2v) is 8.80. The van der Waals surface area contributed by atoms with Crippen molar-refractivity contribution in [1.82, 2.24) is 15.5 Å². The number of nitrogens with one attached hydrogen (secondary N) is 2. The number of aliphatic imine (C=N–C) groups is 1. The molecule has 0 aromatic carbocycles. The SMILES string of the molecule is CN=C(NCCc1ccc(I)s1)N1CCC(CC(=O)NC)CC1.I. The highest BCUT2D eigenvalue weighted by atomic mass is 127. The largest absolute Gasteiger partial charge is 0.359 e. The highest BCUT2D eigenvalue weighted by molar-refractivity contribution is 14.1. The fourth-order valence-electron chi connectivity index (χ4n) is 2.83. The molecule has 1 saturated heterocycles. The van der Waals surface area contributed by atoms with Crippen LogP contribution >= 0.6 is 57.9 Å². The lowest BCUT2D eigenvalue weighted by Crippen LogP contribution is -2.46. The molecule has 136 valence electrons. The minimum atomic E-state index is 0. The van der Waals surface area contributed by atoms with E-state index in [4.69, 9.17) is 0 Å². The lowest BCUT2D eigenvalue weighted by atomic mass is 9.93. The maximum absolute atomic E-state index is 11.5. The van der Waals surface area contributed by atoms with Gasteiger partial charge in [0.15, 0.2) is 5.96 Å². The third kappa shape index (κ3) is 7.03. The molecule has 2 heterocycles. The number of nitrogens with zero attached hydrogens (tertiary/aromatic N) is 2. The molecule has 1 aromatic rings. The lowest BCUT2D eigenvalue weighted by molar-refractivity contribution is -0.121. The first-order valence-corrected chi connectivity index (χ1v) is 9.92. The molecule has 0 unspecified atom stereocenters. The summed E-state index contributed by atoms with van der Waals surface area (Å²) in [6.07, 6.45) is 3.78. The van der Waals surface area contributed by atoms with Crippen LogP contribution in [0.2, 0.25) is 0 Å². The lowest BCUT2D eigenvalue weighted by Gasteiger charge is -2.34. The molecule has 2 rings (SSSR count). The summed E-state index contributed by atoms with van der Waals surface area (Å²) < 4.78 is 1.33. The Kier molecular flexibility index (Phi) is 10.5. The minimum absolute atomic E-state index is 0. The summed E-state index contributed by atoms with van der Waals surface area (Å²) in [6.45, 7) is 2.85. The number of thiophene rings is 1. The summed E-state index contributed by atoms with van der Waals surface area (Å²) in [5, 5.41) is 6.18. The number of halogens is 2. The molecule has 0 aliphatic carbocycles. The van der Waals surface area contributed by atoms with Gasteiger partial charge in [-0.05, 0) is 59.9 Å². The van der Waals surface area contributed by atoms with E-state index in [1.54, 1.807) is 7.05 Å². The molecule has 1 fully saturated rings. The zero-order valence-electron chi connectivity index (χ0n) is 14.2. The summed E-state index contributed by atoms with van der Waals surface area (Å²) in [5.41, 5.74) is 0. The van der Waals surface area contributed by atoms with E-state index in [-0.39, 0.29) is 29.9 Å². The number of piperidine rings is 1. The fraction of sp³-hybridized carbons (Fsp3) is 0.625. The van der Waals surface area contributed by atoms with Gasteiger partial charge in [0, 0.05) is 45.0 Å². The van der Waals surface area contributed by atoms with Crippen LogP contribution in [0.25, 0.3) is 0 Å². The van der Waals surface area contributed by atoms with Crippen molar-refractivity contribution < 1.29 is 4.79 Å². The van der Waals surface area contributed by atoms with Crippen molar-refractivity contribution in [2.45, 2.75) is 25.7 Å². The molecule has 1 aromatic heterocycles. The van der Waals surface area contributed by atoms with Crippen molar-refractivity contribution in [3.05, 3.63) is 19.9 Å². The van der Waals surface area contributed by atoms with Gasteiger partial charge in [-0.2, -0.15) is 0 Å². The summed E-state index contributed by atoms with van der Waals surface area (Å²) in [7, 11) is 3.55. The molecule has 5 nitrogen and oxygen atoms in total. The standard InChI is InChI=1S/C16H25IN4OS.HI/c1-18-15(22)11-12-6-9-21(10-7-12)16(19-2)20-8-5-13-3-4-14(17)23-13;/h3-4,12H,5-11H2,1-2H3,(H,18,22)(H,19,20);1H. The van der Waals surface area contributed by atoms with Gasteiger partial charge in [-0.1, -0.05) is 0 Å². The van der Waals surface area contributed by atoms with Gasteiger partial charge in [-0.25, -0.2) is 0 Å². The summed E-state index contributed by atoms with van der Waals surface area (Å²) in [5.74, 6) is 1.63. The molecule has 2 N–H and O–H groups in total. The van der Waals surface area contributed by atoms with Gasteiger partial charge >= 0.3 is 0 Å². The van der Waals surface area contributed by atoms with Crippen molar-refractivity contribution in [2.75, 3.05) is 33.7 Å². The fourth-order valence-corrected chi connectivity index (χ4v) is 4.58. The second-order valence-electron chi connectivity index (χ2n) is 5.74. The number of carbonyl (C=O) groups is 1. The van der Waals surface area contributed by atoms with E-state index < -0.39 is 0 Å². The Morgan fingerprint density at radius 1 is 1.42 bits per heavy atom. The van der Waals surface area contributed by atoms with Gasteiger partial charge < -0.3 is 15.5 Å². The van der Waals surface area contributed by atoms with Crippen LogP contribution in [0.3, 0.4) is 0 Å². The molecular formula is C16H26I2N4OS. The first kappa shape index (κ1) is 21.9. The van der Waals surface area contributed by atoms with Gasteiger partial charge in [-0.3, -0.25) is 9.79 Å². The number of carbonyl (C=O) groups excluding carboxylic acids is 1. The average molecular weight is 576 g/mol. The van der Waals surface area contributed by atoms with Gasteiger partial charge in [0.2, 0.25) is 5.91 Å². The van der Waals surface area contributed by atoms with E-state index in [1.165, 1.54) is 7.76 Å². The summed E-state index contributed by atoms with van der Waals surface area (Å²) in [6, 6.07) is 4.35. The molecule has 24 heavy (non-hydrogen) atoms. The van der Waals surface area contributed by atoms with Gasteiger partial charge in [0.1, 0.15) is 0 Å². The van der Waals surface area contributed by atoms with E-state index in [0.29, 0.717) is 12.3 Å². The molecule has 0 radical (unpaired) electrons. The van der Waals surface area contributed by atoms with Gasteiger partial charge in [0.25, 0.3) is 0 Å². The van der Waals surface area contributed by atoms with Crippen LogP contribution in [0.15, 0.2) is 17.1 Å². The van der Waals surface area contributed by atoms with E-state index in [2.05, 4.69) is 55.2 Å². The molecule has 0 spiro atoms. The summed E-state index contributed by atoms with van der Waals surface area (Å²) >= 11 is 4.20. The minimum Gasteiger partial charge on any atom is -0.359 e. The van der Waals surface area contributed by atoms with Gasteiger partial charge in [-0.15, -0.1) is 35.3 Å². The van der Waals surface area contributed by atoms with Crippen LogP contribution in [-0.4, -0.2) is 50.5 Å². The maximum atomic E-state index is 11.5. The van der Waals surface area contributed by atoms with Gasteiger partial charge in [0.05, 0.1) is 2.88 Å². The Balaban J connectivity index is 0.00000288. The highest BCUT2D eigenvalue weighted by Gasteiger charge is 2.22. The monoisotopic (exact) mass is 576 g/mol. The average Bonchev–Trinajstić information content (AvgIpc) is 2.98. The van der Waals surface area contributed by atoms with Crippen molar-refractivity contribution >= 4 is 69.8 Å². The topological polar surface area (TPSA) is 56.7 Å². The molecule has 8 heteroatoms. The van der Waals surface area contributed by atoms with Crippen LogP contribution in [0.1, 0.15) is 24.1 Å². The Morgan fingerprint density at radius 3 is 2.67 bits per heavy atom. The Hall–Kier alpha value is -0.100. The van der Waals surface area contributed by atoms with E-state index in [0.717, 1.165) is 44.9 Å². The zero-order valence-corrected chi connectivity index (χ0v) is 19.5. The quantitative estimate of drug-likeness (QED) is 0.322. The second kappa shape index (κ2) is 11.5. The highest BCUT2D eigenvalue weighted by Crippen LogP contribution is 2.21. The molecule has 1 amide bonds. The summed E-state index contributed by atoms with van der Waals surface area (Å²) in [4.78, 5) is 19.6. The predicted octanol–water partition coefficient (Wildman–Crippen LogP) is 2.94. The Bertz CT molecular complexity index is 542. The van der Waals surface area contributed by atoms with Crippen LogP contribution in [-0.2, 0) is 11.2 Å². The van der Waals surface area contributed by atoms with Crippen molar-refractivity contribution in [3.8, 4) is 0 Å². The van der Waals surface area contributed by atoms with E-state index >= 15 is 0 Å². The van der Waals surface area contributed by atoms with Crippen LogP contribution in [0, 0.1) is 8.80 Å². The maximum Gasteiger partial charge on any atom is 0.220 e. The zero-order chi connectivity index (χ0) is 16.7. The molecule has 1 aliphatic heterocycles. The molecule has 1 aliphatic rings. The normalized spacial score (nSPS) is 15.8. The van der Waals surface area contributed by atoms with Crippen LogP contribution in [0.4, 0.5) is 0 Å². The number of hydrogen-bond donors (Lipinski definition) is 2. The number of amides is 1. The molecule has 0 saturated carbocycles. The Morgan fingerprint density at radius 2 is 2.12 bits per heavy atom. The smallest absolute Gasteiger partial charge is 0.220 e. The molecule has 0 bridgehead atoms. The van der Waals surface area contributed by atoms with Crippen molar-refractivity contribution in [2.24, 2.45) is 10.9 Å². The van der Waals surface area contributed by atoms with Crippen LogP contribution in [0.5, 0.6) is 0 Å². The first-order valence-electron chi connectivity index (χ1n) is 8.02.